The van der Waals surface area contributed by atoms with E-state index in [4.69, 9.17) is 0 Å². The van der Waals surface area contributed by atoms with Gasteiger partial charge in [-0.3, -0.25) is 0 Å². The molecule has 4 atom stereocenters. The molecule has 3 unspecified atom stereocenters. The van der Waals surface area contributed by atoms with Gasteiger partial charge in [0.05, 0.1) is 11.7 Å². The molecule has 0 spiro atoms. The summed E-state index contributed by atoms with van der Waals surface area (Å²) in [5.41, 5.74) is -0.476. The predicted molar refractivity (Wildman–Crippen MR) is 46.6 cm³/mol. The van der Waals surface area contributed by atoms with Gasteiger partial charge in [0.1, 0.15) is 0 Å². The number of hydrogen-bond donors (Lipinski definition) is 2. The predicted octanol–water partition coefficient (Wildman–Crippen LogP) is 1.16. The minimum absolute atomic E-state index is 0.363. The normalized spacial score (nSPS) is 56.2. The van der Waals surface area contributed by atoms with Gasteiger partial charge in [0.25, 0.3) is 0 Å². The molecule has 2 nitrogen and oxygen atoms in total. The molecule has 70 valence electrons. The Labute approximate surface area is 73.6 Å². The molecule has 2 fully saturated rings. The molecule has 2 saturated carbocycles. The summed E-state index contributed by atoms with van der Waals surface area (Å²) in [7, 11) is 0. The number of aliphatic hydroxyl groups excluding tert-OH is 1. The Balaban J connectivity index is 2.14. The number of hydrogen-bond acceptors (Lipinski definition) is 2. The average Bonchev–Trinajstić information content (AvgIpc) is 2.37. The number of aliphatic hydroxyl groups is 2. The van der Waals surface area contributed by atoms with Crippen LogP contribution in [0.15, 0.2) is 0 Å². The summed E-state index contributed by atoms with van der Waals surface area (Å²) in [6, 6.07) is 0. The van der Waals surface area contributed by atoms with Crippen molar-refractivity contribution in [3.63, 3.8) is 0 Å². The van der Waals surface area contributed by atoms with Crippen molar-refractivity contribution in [2.24, 2.45) is 17.3 Å². The SMILES string of the molecule is CC1(C)C2CC(O)[C@](C)(O)CC21. The smallest absolute Gasteiger partial charge is 0.0880 e. The van der Waals surface area contributed by atoms with Gasteiger partial charge in [-0.1, -0.05) is 13.8 Å². The van der Waals surface area contributed by atoms with E-state index in [0.717, 1.165) is 12.8 Å². The van der Waals surface area contributed by atoms with E-state index in [9.17, 15) is 10.2 Å². The van der Waals surface area contributed by atoms with E-state index in [1.807, 2.05) is 0 Å². The summed E-state index contributed by atoms with van der Waals surface area (Å²) < 4.78 is 0. The first-order valence-electron chi connectivity index (χ1n) is 4.76. The molecule has 0 aromatic heterocycles. The van der Waals surface area contributed by atoms with Crippen LogP contribution in [0.3, 0.4) is 0 Å². The van der Waals surface area contributed by atoms with Crippen molar-refractivity contribution in [3.8, 4) is 0 Å². The second-order valence-corrected chi connectivity index (χ2v) is 5.35. The quantitative estimate of drug-likeness (QED) is 0.573. The van der Waals surface area contributed by atoms with E-state index in [1.165, 1.54) is 0 Å². The molecule has 0 aliphatic heterocycles. The van der Waals surface area contributed by atoms with Crippen LogP contribution in [0.2, 0.25) is 0 Å². The van der Waals surface area contributed by atoms with Crippen molar-refractivity contribution in [1.82, 2.24) is 0 Å². The third-order valence-corrected chi connectivity index (χ3v) is 4.12. The zero-order chi connectivity index (χ0) is 9.15. The van der Waals surface area contributed by atoms with E-state index in [0.29, 0.717) is 17.3 Å². The molecule has 2 heteroatoms. The highest BCUT2D eigenvalue weighted by Crippen LogP contribution is 2.66. The lowest BCUT2D eigenvalue weighted by Crippen LogP contribution is -2.42. The highest BCUT2D eigenvalue weighted by Gasteiger charge is 2.63. The van der Waals surface area contributed by atoms with Crippen molar-refractivity contribution in [2.45, 2.75) is 45.3 Å². The van der Waals surface area contributed by atoms with E-state index in [1.54, 1.807) is 6.92 Å². The first-order valence-corrected chi connectivity index (χ1v) is 4.76. The molecule has 12 heavy (non-hydrogen) atoms. The topological polar surface area (TPSA) is 40.5 Å². The van der Waals surface area contributed by atoms with Gasteiger partial charge in [0.15, 0.2) is 0 Å². The largest absolute Gasteiger partial charge is 0.390 e. The summed E-state index contributed by atoms with van der Waals surface area (Å²) in [4.78, 5) is 0. The molecule has 0 aromatic rings. The maximum atomic E-state index is 9.82. The van der Waals surface area contributed by atoms with Gasteiger partial charge in [-0.15, -0.1) is 0 Å². The zero-order valence-corrected chi connectivity index (χ0v) is 8.04. The van der Waals surface area contributed by atoms with Crippen LogP contribution in [0.1, 0.15) is 33.6 Å². The zero-order valence-electron chi connectivity index (χ0n) is 8.04. The van der Waals surface area contributed by atoms with E-state index >= 15 is 0 Å². The lowest BCUT2D eigenvalue weighted by Gasteiger charge is -2.32. The van der Waals surface area contributed by atoms with Crippen molar-refractivity contribution in [2.75, 3.05) is 0 Å². The Morgan fingerprint density at radius 2 is 1.75 bits per heavy atom. The van der Waals surface area contributed by atoms with Crippen LogP contribution in [0, 0.1) is 17.3 Å². The molecule has 0 aromatic carbocycles. The van der Waals surface area contributed by atoms with Gasteiger partial charge >= 0.3 is 0 Å². The molecule has 0 radical (unpaired) electrons. The summed E-state index contributed by atoms with van der Waals surface area (Å²) >= 11 is 0. The van der Waals surface area contributed by atoms with Crippen LogP contribution < -0.4 is 0 Å². The second kappa shape index (κ2) is 2.05. The van der Waals surface area contributed by atoms with Gasteiger partial charge in [0, 0.05) is 0 Å². The number of rotatable bonds is 0. The van der Waals surface area contributed by atoms with Crippen LogP contribution in [-0.4, -0.2) is 21.9 Å². The van der Waals surface area contributed by atoms with Gasteiger partial charge in [-0.25, -0.2) is 0 Å². The van der Waals surface area contributed by atoms with E-state index in [-0.39, 0.29) is 0 Å². The van der Waals surface area contributed by atoms with Gasteiger partial charge in [-0.05, 0) is 37.0 Å². The van der Waals surface area contributed by atoms with Crippen LogP contribution >= 0.6 is 0 Å². The third-order valence-electron chi connectivity index (χ3n) is 4.12. The Morgan fingerprint density at radius 1 is 1.17 bits per heavy atom. The minimum Gasteiger partial charge on any atom is -0.390 e. The molecule has 0 bridgehead atoms. The Hall–Kier alpha value is -0.0800. The Kier molecular flexibility index (Phi) is 1.45. The van der Waals surface area contributed by atoms with Crippen molar-refractivity contribution in [1.29, 1.82) is 0 Å². The molecule has 0 amide bonds. The van der Waals surface area contributed by atoms with Gasteiger partial charge in [0.2, 0.25) is 0 Å². The van der Waals surface area contributed by atoms with Crippen molar-refractivity contribution >= 4 is 0 Å². The lowest BCUT2D eigenvalue weighted by molar-refractivity contribution is -0.0892. The number of fused-ring (bicyclic) bond motifs is 1. The highest BCUT2D eigenvalue weighted by molar-refractivity contribution is 5.12. The minimum atomic E-state index is -0.838. The molecular weight excluding hydrogens is 152 g/mol. The summed E-state index contributed by atoms with van der Waals surface area (Å²) in [6.07, 6.45) is 1.04. The monoisotopic (exact) mass is 170 g/mol. The summed E-state index contributed by atoms with van der Waals surface area (Å²) in [5.74, 6) is 1.28. The summed E-state index contributed by atoms with van der Waals surface area (Å²) in [5, 5.41) is 19.4. The maximum absolute atomic E-state index is 9.82. The fraction of sp³-hybridized carbons (Fsp3) is 1.00. The van der Waals surface area contributed by atoms with Crippen LogP contribution in [0.25, 0.3) is 0 Å². The third kappa shape index (κ3) is 0.944. The first kappa shape index (κ1) is 8.52. The molecule has 2 N–H and O–H groups in total. The van der Waals surface area contributed by atoms with Crippen molar-refractivity contribution < 1.29 is 10.2 Å². The Bertz CT molecular complexity index is 208. The standard InChI is InChI=1S/C10H18O2/c1-9(2)6-4-8(11)10(3,12)5-7(6)9/h6-8,11-12H,4-5H2,1-3H3/t6?,7?,8?,10-/m1/s1. The van der Waals surface area contributed by atoms with Crippen molar-refractivity contribution in [3.05, 3.63) is 0 Å². The fourth-order valence-electron chi connectivity index (χ4n) is 2.81. The molecule has 2 aliphatic carbocycles. The Morgan fingerprint density at radius 3 is 2.25 bits per heavy atom. The second-order valence-electron chi connectivity index (χ2n) is 5.35. The van der Waals surface area contributed by atoms with Crippen LogP contribution in [0.4, 0.5) is 0 Å². The molecule has 0 heterocycles. The molecular formula is C10H18O2. The lowest BCUT2D eigenvalue weighted by atomic mass is 9.84. The van der Waals surface area contributed by atoms with Crippen LogP contribution in [0.5, 0.6) is 0 Å². The van der Waals surface area contributed by atoms with E-state index in [2.05, 4.69) is 13.8 Å². The highest BCUT2D eigenvalue weighted by atomic mass is 16.3. The maximum Gasteiger partial charge on any atom is 0.0880 e. The van der Waals surface area contributed by atoms with Gasteiger partial charge in [-0.2, -0.15) is 0 Å². The molecule has 2 aliphatic rings. The summed E-state index contributed by atoms with van der Waals surface area (Å²) in [6.45, 7) is 6.22. The molecule has 0 saturated heterocycles. The first-order chi connectivity index (χ1) is 5.36. The van der Waals surface area contributed by atoms with Gasteiger partial charge < -0.3 is 10.2 Å². The van der Waals surface area contributed by atoms with E-state index < -0.39 is 11.7 Å². The molecule has 2 rings (SSSR count). The average molecular weight is 170 g/mol. The fourth-order valence-corrected chi connectivity index (χ4v) is 2.81. The van der Waals surface area contributed by atoms with Crippen LogP contribution in [-0.2, 0) is 0 Å².